The van der Waals surface area contributed by atoms with E-state index in [-0.39, 0.29) is 5.97 Å². The van der Waals surface area contributed by atoms with Gasteiger partial charge in [0.2, 0.25) is 0 Å². The first kappa shape index (κ1) is 16.4. The Morgan fingerprint density at radius 3 is 2.63 bits per heavy atom. The van der Waals surface area contributed by atoms with Crippen molar-refractivity contribution in [2.45, 2.75) is 50.3 Å². The maximum Gasteiger partial charge on any atom is 0.339 e. The second-order valence-electron chi connectivity index (χ2n) is 4.57. The Kier molecular flexibility index (Phi) is 7.99. The van der Waals surface area contributed by atoms with Crippen molar-refractivity contribution in [1.29, 1.82) is 0 Å². The van der Waals surface area contributed by atoms with Crippen molar-refractivity contribution in [2.24, 2.45) is 0 Å². The zero-order valence-corrected chi connectivity index (χ0v) is 13.0. The molecule has 19 heavy (non-hydrogen) atoms. The quantitative estimate of drug-likeness (QED) is 0.408. The predicted octanol–water partition coefficient (Wildman–Crippen LogP) is 5.15. The molecule has 0 unspecified atom stereocenters. The van der Waals surface area contributed by atoms with Gasteiger partial charge < -0.3 is 4.74 Å². The number of carbonyl (C=O) groups excluding carboxylic acids is 1. The number of unbranched alkanes of at least 4 members (excludes halogenated alkanes) is 5. The summed E-state index contributed by atoms with van der Waals surface area (Å²) in [6.45, 7) is 2.65. The Balaban J connectivity index is 2.26. The SMILES string of the molecule is CCCCCCCCOC(=O)c1cc(S)ccc1Cl. The summed E-state index contributed by atoms with van der Waals surface area (Å²) in [5, 5.41) is 0.408. The highest BCUT2D eigenvalue weighted by Crippen LogP contribution is 2.20. The molecule has 1 aromatic rings. The third-order valence-electron chi connectivity index (χ3n) is 2.90. The smallest absolute Gasteiger partial charge is 0.339 e. The number of esters is 1. The van der Waals surface area contributed by atoms with Crippen molar-refractivity contribution in [3.8, 4) is 0 Å². The summed E-state index contributed by atoms with van der Waals surface area (Å²) in [5.74, 6) is -0.366. The van der Waals surface area contributed by atoms with Gasteiger partial charge in [0.15, 0.2) is 0 Å². The Morgan fingerprint density at radius 2 is 1.89 bits per heavy atom. The summed E-state index contributed by atoms with van der Waals surface area (Å²) in [6, 6.07) is 5.04. The van der Waals surface area contributed by atoms with Crippen molar-refractivity contribution in [1.82, 2.24) is 0 Å². The molecule has 0 aliphatic heterocycles. The monoisotopic (exact) mass is 300 g/mol. The number of ether oxygens (including phenoxy) is 1. The van der Waals surface area contributed by atoms with Gasteiger partial charge in [-0.15, -0.1) is 12.6 Å². The second-order valence-corrected chi connectivity index (χ2v) is 5.49. The third-order valence-corrected chi connectivity index (χ3v) is 3.51. The highest BCUT2D eigenvalue weighted by molar-refractivity contribution is 7.80. The van der Waals surface area contributed by atoms with Gasteiger partial charge in [0.05, 0.1) is 17.2 Å². The zero-order valence-electron chi connectivity index (χ0n) is 11.3. The van der Waals surface area contributed by atoms with Crippen molar-refractivity contribution in [3.63, 3.8) is 0 Å². The number of hydrogen-bond donors (Lipinski definition) is 1. The van der Waals surface area contributed by atoms with Gasteiger partial charge in [-0.3, -0.25) is 0 Å². The maximum absolute atomic E-state index is 11.8. The van der Waals surface area contributed by atoms with Gasteiger partial charge in [-0.25, -0.2) is 4.79 Å². The van der Waals surface area contributed by atoms with E-state index in [9.17, 15) is 4.79 Å². The molecule has 4 heteroatoms. The molecule has 0 aromatic heterocycles. The molecular formula is C15H21ClO2S. The van der Waals surface area contributed by atoms with Crippen molar-refractivity contribution >= 4 is 30.2 Å². The molecule has 0 heterocycles. The first-order chi connectivity index (χ1) is 9.15. The van der Waals surface area contributed by atoms with E-state index in [4.69, 9.17) is 16.3 Å². The largest absolute Gasteiger partial charge is 0.462 e. The van der Waals surface area contributed by atoms with E-state index in [1.165, 1.54) is 25.7 Å². The lowest BCUT2D eigenvalue weighted by atomic mass is 10.1. The molecule has 0 amide bonds. The van der Waals surface area contributed by atoms with Crippen LogP contribution in [0.5, 0.6) is 0 Å². The van der Waals surface area contributed by atoms with Gasteiger partial charge in [-0.2, -0.15) is 0 Å². The molecule has 0 saturated heterocycles. The van der Waals surface area contributed by atoms with Crippen molar-refractivity contribution in [2.75, 3.05) is 6.61 Å². The molecule has 1 rings (SSSR count). The summed E-state index contributed by atoms with van der Waals surface area (Å²) in [4.78, 5) is 12.5. The highest BCUT2D eigenvalue weighted by Gasteiger charge is 2.11. The van der Waals surface area contributed by atoms with E-state index in [1.807, 2.05) is 0 Å². The van der Waals surface area contributed by atoms with Crippen LogP contribution in [0.1, 0.15) is 55.8 Å². The minimum Gasteiger partial charge on any atom is -0.462 e. The van der Waals surface area contributed by atoms with Crippen LogP contribution in [0.25, 0.3) is 0 Å². The molecule has 0 N–H and O–H groups in total. The molecule has 2 nitrogen and oxygen atoms in total. The average molecular weight is 301 g/mol. The molecule has 0 aliphatic rings. The third kappa shape index (κ3) is 6.35. The molecule has 0 aliphatic carbocycles. The van der Waals surface area contributed by atoms with Crippen LogP contribution < -0.4 is 0 Å². The molecule has 0 saturated carbocycles. The van der Waals surface area contributed by atoms with Crippen molar-refractivity contribution < 1.29 is 9.53 Å². The van der Waals surface area contributed by atoms with Gasteiger partial charge in [-0.1, -0.05) is 50.6 Å². The fourth-order valence-electron chi connectivity index (χ4n) is 1.79. The summed E-state index contributed by atoms with van der Waals surface area (Å²) in [7, 11) is 0. The summed E-state index contributed by atoms with van der Waals surface area (Å²) >= 11 is 10.1. The van der Waals surface area contributed by atoms with E-state index in [0.717, 1.165) is 12.8 Å². The zero-order chi connectivity index (χ0) is 14.1. The predicted molar refractivity (Wildman–Crippen MR) is 82.4 cm³/mol. The number of hydrogen-bond acceptors (Lipinski definition) is 3. The minimum atomic E-state index is -0.366. The summed E-state index contributed by atoms with van der Waals surface area (Å²) in [5.41, 5.74) is 0.389. The van der Waals surface area contributed by atoms with Crippen LogP contribution in [0.4, 0.5) is 0 Å². The maximum atomic E-state index is 11.8. The number of rotatable bonds is 8. The van der Waals surface area contributed by atoms with Crippen LogP contribution in [0.15, 0.2) is 23.1 Å². The fraction of sp³-hybridized carbons (Fsp3) is 0.533. The average Bonchev–Trinajstić information content (AvgIpc) is 2.40. The lowest BCUT2D eigenvalue weighted by molar-refractivity contribution is 0.0497. The normalized spacial score (nSPS) is 10.5. The van der Waals surface area contributed by atoms with Gasteiger partial charge >= 0.3 is 5.97 Å². The van der Waals surface area contributed by atoms with E-state index in [2.05, 4.69) is 19.6 Å². The van der Waals surface area contributed by atoms with E-state index in [1.54, 1.807) is 18.2 Å². The van der Waals surface area contributed by atoms with Crippen LogP contribution in [0.2, 0.25) is 5.02 Å². The molecule has 106 valence electrons. The summed E-state index contributed by atoms with van der Waals surface area (Å²) < 4.78 is 5.21. The molecule has 0 spiro atoms. The number of benzene rings is 1. The topological polar surface area (TPSA) is 26.3 Å². The minimum absolute atomic E-state index is 0.366. The first-order valence-corrected chi connectivity index (χ1v) is 7.63. The van der Waals surface area contributed by atoms with Gasteiger partial charge in [0, 0.05) is 4.90 Å². The molecule has 0 radical (unpaired) electrons. The van der Waals surface area contributed by atoms with Crippen molar-refractivity contribution in [3.05, 3.63) is 28.8 Å². The first-order valence-electron chi connectivity index (χ1n) is 6.80. The molecule has 0 bridgehead atoms. The lowest BCUT2D eigenvalue weighted by Crippen LogP contribution is -2.07. The molecule has 0 fully saturated rings. The molecular weight excluding hydrogens is 280 g/mol. The Hall–Kier alpha value is -0.670. The van der Waals surface area contributed by atoms with Crippen LogP contribution >= 0.6 is 24.2 Å². The Labute approximate surface area is 125 Å². The number of carbonyl (C=O) groups is 1. The van der Waals surface area contributed by atoms with Crippen LogP contribution in [-0.4, -0.2) is 12.6 Å². The number of thiol groups is 1. The molecule has 0 atom stereocenters. The van der Waals surface area contributed by atoms with Crippen LogP contribution in [-0.2, 0) is 4.74 Å². The van der Waals surface area contributed by atoms with Gasteiger partial charge in [0.1, 0.15) is 0 Å². The summed E-state index contributed by atoms with van der Waals surface area (Å²) in [6.07, 6.45) is 7.01. The van der Waals surface area contributed by atoms with Crippen LogP contribution in [0, 0.1) is 0 Å². The Bertz CT molecular complexity index is 407. The highest BCUT2D eigenvalue weighted by atomic mass is 35.5. The lowest BCUT2D eigenvalue weighted by Gasteiger charge is -2.07. The van der Waals surface area contributed by atoms with Gasteiger partial charge in [0.25, 0.3) is 0 Å². The standard InChI is InChI=1S/C15H21ClO2S/c1-2-3-4-5-6-7-10-18-15(17)13-11-12(19)8-9-14(13)16/h8-9,11,19H,2-7,10H2,1H3. The van der Waals surface area contributed by atoms with E-state index < -0.39 is 0 Å². The van der Waals surface area contributed by atoms with E-state index >= 15 is 0 Å². The van der Waals surface area contributed by atoms with Gasteiger partial charge in [-0.05, 0) is 24.6 Å². The Morgan fingerprint density at radius 1 is 1.21 bits per heavy atom. The van der Waals surface area contributed by atoms with E-state index in [0.29, 0.717) is 22.1 Å². The molecule has 1 aromatic carbocycles. The number of halogens is 1. The fourth-order valence-corrected chi connectivity index (χ4v) is 2.19. The van der Waals surface area contributed by atoms with Crippen LogP contribution in [0.3, 0.4) is 0 Å². The second kappa shape index (κ2) is 9.27.